The van der Waals surface area contributed by atoms with Gasteiger partial charge in [-0.2, -0.15) is 0 Å². The van der Waals surface area contributed by atoms with Crippen LogP contribution in [0.3, 0.4) is 0 Å². The maximum atomic E-state index is 12.2. The van der Waals surface area contributed by atoms with Gasteiger partial charge >= 0.3 is 0 Å². The molecule has 0 atom stereocenters. The van der Waals surface area contributed by atoms with Gasteiger partial charge in [-0.1, -0.05) is 19.3 Å². The number of rotatable bonds is 4. The number of nitrogens with one attached hydrogen (secondary N) is 1. The molecule has 1 aliphatic rings. The van der Waals surface area contributed by atoms with Crippen molar-refractivity contribution in [2.45, 2.75) is 37.6 Å². The molecule has 2 N–H and O–H groups in total. The summed E-state index contributed by atoms with van der Waals surface area (Å²) in [6.07, 6.45) is 6.41. The zero-order chi connectivity index (χ0) is 13.7. The van der Waals surface area contributed by atoms with Crippen LogP contribution in [0, 0.1) is 0 Å². The number of aliphatic hydroxyl groups is 1. The number of carbonyl (C=O) groups excluding carboxylic acids is 1. The smallest absolute Gasteiger partial charge is 0.253 e. The van der Waals surface area contributed by atoms with Gasteiger partial charge in [-0.15, -0.1) is 0 Å². The molecule has 19 heavy (non-hydrogen) atoms. The number of hydrogen-bond acceptors (Lipinski definition) is 4. The number of aromatic nitrogens is 1. The van der Waals surface area contributed by atoms with E-state index in [1.807, 2.05) is 0 Å². The van der Waals surface area contributed by atoms with Gasteiger partial charge in [0.25, 0.3) is 5.91 Å². The first-order chi connectivity index (χ1) is 9.19. The molecule has 1 aromatic heterocycles. The molecule has 1 heterocycles. The molecule has 0 radical (unpaired) electrons. The number of ether oxygens (including phenoxy) is 1. The number of aliphatic hydroxyl groups excluding tert-OH is 1. The van der Waals surface area contributed by atoms with E-state index in [1.165, 1.54) is 19.7 Å². The molecule has 2 rings (SSSR count). The number of amides is 1. The molecule has 1 amide bonds. The predicted octanol–water partition coefficient (Wildman–Crippen LogP) is 1.52. The molecule has 1 saturated carbocycles. The summed E-state index contributed by atoms with van der Waals surface area (Å²) in [5, 5.41) is 12.5. The molecule has 5 heteroatoms. The summed E-state index contributed by atoms with van der Waals surface area (Å²) < 4.78 is 4.96. The molecule has 1 aliphatic carbocycles. The zero-order valence-electron chi connectivity index (χ0n) is 11.2. The lowest BCUT2D eigenvalue weighted by atomic mass is 9.82. The lowest BCUT2D eigenvalue weighted by Gasteiger charge is -2.36. The predicted molar refractivity (Wildman–Crippen MR) is 71.2 cm³/mol. The van der Waals surface area contributed by atoms with E-state index in [2.05, 4.69) is 10.3 Å². The molecule has 0 unspecified atom stereocenters. The van der Waals surface area contributed by atoms with E-state index in [0.29, 0.717) is 11.4 Å². The quantitative estimate of drug-likeness (QED) is 0.865. The number of methoxy groups -OCH3 is 1. The van der Waals surface area contributed by atoms with Crippen LogP contribution in [0.1, 0.15) is 42.5 Å². The van der Waals surface area contributed by atoms with Crippen LogP contribution >= 0.6 is 0 Å². The summed E-state index contributed by atoms with van der Waals surface area (Å²) in [5.74, 6) is 0.289. The van der Waals surface area contributed by atoms with Gasteiger partial charge in [-0.25, -0.2) is 4.98 Å². The highest BCUT2D eigenvalue weighted by Gasteiger charge is 2.33. The highest BCUT2D eigenvalue weighted by Crippen LogP contribution is 2.28. The highest BCUT2D eigenvalue weighted by atomic mass is 16.5. The lowest BCUT2D eigenvalue weighted by molar-refractivity contribution is 0.0758. The second kappa shape index (κ2) is 6.02. The van der Waals surface area contributed by atoms with Crippen molar-refractivity contribution in [3.8, 4) is 5.88 Å². The molecule has 1 fully saturated rings. The minimum absolute atomic E-state index is 0.0116. The first-order valence-corrected chi connectivity index (χ1v) is 6.62. The third-order valence-electron chi connectivity index (χ3n) is 3.70. The van der Waals surface area contributed by atoms with Crippen molar-refractivity contribution in [2.24, 2.45) is 0 Å². The molecule has 0 aliphatic heterocycles. The summed E-state index contributed by atoms with van der Waals surface area (Å²) in [6.45, 7) is -0.0116. The fourth-order valence-electron chi connectivity index (χ4n) is 2.50. The molecule has 0 bridgehead atoms. The Labute approximate surface area is 113 Å². The van der Waals surface area contributed by atoms with Gasteiger partial charge < -0.3 is 15.2 Å². The normalized spacial score (nSPS) is 17.8. The van der Waals surface area contributed by atoms with Gasteiger partial charge in [0.2, 0.25) is 5.88 Å². The minimum Gasteiger partial charge on any atom is -0.481 e. The number of carbonyl (C=O) groups is 1. The molecular formula is C14H20N2O3. The van der Waals surface area contributed by atoms with Crippen molar-refractivity contribution < 1.29 is 14.6 Å². The second-order valence-electron chi connectivity index (χ2n) is 5.04. The third kappa shape index (κ3) is 3.23. The van der Waals surface area contributed by atoms with Crippen LogP contribution in [0.15, 0.2) is 18.3 Å². The molecule has 0 saturated heterocycles. The zero-order valence-corrected chi connectivity index (χ0v) is 11.2. The van der Waals surface area contributed by atoms with Crippen molar-refractivity contribution in [3.63, 3.8) is 0 Å². The monoisotopic (exact) mass is 264 g/mol. The van der Waals surface area contributed by atoms with E-state index in [4.69, 9.17) is 4.74 Å². The van der Waals surface area contributed by atoms with Gasteiger partial charge in [0.15, 0.2) is 0 Å². The second-order valence-corrected chi connectivity index (χ2v) is 5.04. The molecule has 5 nitrogen and oxygen atoms in total. The fourth-order valence-corrected chi connectivity index (χ4v) is 2.50. The van der Waals surface area contributed by atoms with Gasteiger partial charge in [0.1, 0.15) is 0 Å². The Morgan fingerprint density at radius 1 is 1.42 bits per heavy atom. The van der Waals surface area contributed by atoms with E-state index < -0.39 is 5.54 Å². The lowest BCUT2D eigenvalue weighted by Crippen LogP contribution is -2.52. The minimum atomic E-state index is -0.463. The standard InChI is InChI=1S/C14H20N2O3/c1-19-12-6-5-11(9-15-12)13(18)16-14(10-17)7-3-2-4-8-14/h5-6,9,17H,2-4,7-8,10H2,1H3,(H,16,18). The molecular weight excluding hydrogens is 244 g/mol. The van der Waals surface area contributed by atoms with Crippen molar-refractivity contribution in [1.82, 2.24) is 10.3 Å². The maximum absolute atomic E-state index is 12.2. The molecule has 0 aromatic carbocycles. The van der Waals surface area contributed by atoms with Crippen LogP contribution in [-0.2, 0) is 0 Å². The Morgan fingerprint density at radius 3 is 2.68 bits per heavy atom. The summed E-state index contributed by atoms with van der Waals surface area (Å²) >= 11 is 0. The van der Waals surface area contributed by atoms with Crippen LogP contribution in [0.5, 0.6) is 5.88 Å². The number of hydrogen-bond donors (Lipinski definition) is 2. The van der Waals surface area contributed by atoms with Crippen LogP contribution < -0.4 is 10.1 Å². The topological polar surface area (TPSA) is 71.5 Å². The Morgan fingerprint density at radius 2 is 2.16 bits per heavy atom. The molecule has 1 aromatic rings. The fraction of sp³-hybridized carbons (Fsp3) is 0.571. The molecule has 104 valence electrons. The molecule has 0 spiro atoms. The van der Waals surface area contributed by atoms with Crippen molar-refractivity contribution >= 4 is 5.91 Å². The largest absolute Gasteiger partial charge is 0.481 e. The van der Waals surface area contributed by atoms with Gasteiger partial charge in [-0.3, -0.25) is 4.79 Å². The van der Waals surface area contributed by atoms with E-state index in [-0.39, 0.29) is 12.5 Å². The van der Waals surface area contributed by atoms with Gasteiger partial charge in [-0.05, 0) is 18.9 Å². The summed E-state index contributed by atoms with van der Waals surface area (Å²) in [6, 6.07) is 3.33. The van der Waals surface area contributed by atoms with Crippen molar-refractivity contribution in [3.05, 3.63) is 23.9 Å². The average molecular weight is 264 g/mol. The number of nitrogens with zero attached hydrogens (tertiary/aromatic N) is 1. The highest BCUT2D eigenvalue weighted by molar-refractivity contribution is 5.94. The first-order valence-electron chi connectivity index (χ1n) is 6.62. The summed E-state index contributed by atoms with van der Waals surface area (Å²) in [4.78, 5) is 16.2. The van der Waals surface area contributed by atoms with Crippen LogP contribution in [-0.4, -0.2) is 35.3 Å². The Kier molecular flexibility index (Phi) is 4.37. The Hall–Kier alpha value is -1.62. The first kappa shape index (κ1) is 13.8. The SMILES string of the molecule is COc1ccc(C(=O)NC2(CO)CCCCC2)cn1. The van der Waals surface area contributed by atoms with Gasteiger partial charge in [0.05, 0.1) is 24.8 Å². The van der Waals surface area contributed by atoms with Crippen molar-refractivity contribution in [1.29, 1.82) is 0 Å². The van der Waals surface area contributed by atoms with E-state index >= 15 is 0 Å². The van der Waals surface area contributed by atoms with E-state index in [9.17, 15) is 9.90 Å². The average Bonchev–Trinajstić information content (AvgIpc) is 2.48. The Bertz CT molecular complexity index is 425. The van der Waals surface area contributed by atoms with Crippen molar-refractivity contribution in [2.75, 3.05) is 13.7 Å². The van der Waals surface area contributed by atoms with Crippen LogP contribution in [0.2, 0.25) is 0 Å². The van der Waals surface area contributed by atoms with E-state index in [1.54, 1.807) is 12.1 Å². The van der Waals surface area contributed by atoms with Crippen LogP contribution in [0.4, 0.5) is 0 Å². The Balaban J connectivity index is 2.06. The maximum Gasteiger partial charge on any atom is 0.253 e. The summed E-state index contributed by atoms with van der Waals surface area (Å²) in [5.41, 5.74) is 0.0223. The van der Waals surface area contributed by atoms with Gasteiger partial charge in [0, 0.05) is 12.3 Å². The van der Waals surface area contributed by atoms with E-state index in [0.717, 1.165) is 25.7 Å². The number of pyridine rings is 1. The third-order valence-corrected chi connectivity index (χ3v) is 3.70. The summed E-state index contributed by atoms with van der Waals surface area (Å²) in [7, 11) is 1.53. The van der Waals surface area contributed by atoms with Crippen LogP contribution in [0.25, 0.3) is 0 Å².